The topological polar surface area (TPSA) is 29.9 Å². The number of nitrogens with one attached hydrogen (secondary N) is 1. The Balaban J connectivity index is 2.44. The van der Waals surface area contributed by atoms with Crippen LogP contribution in [0.3, 0.4) is 0 Å². The largest absolute Gasteiger partial charge is 0.334 e. The average Bonchev–Trinajstić information content (AvgIpc) is 2.65. The van der Waals surface area contributed by atoms with Gasteiger partial charge in [0.25, 0.3) is 0 Å². The van der Waals surface area contributed by atoms with Gasteiger partial charge in [-0.2, -0.15) is 0 Å². The van der Waals surface area contributed by atoms with E-state index in [-0.39, 0.29) is 0 Å². The summed E-state index contributed by atoms with van der Waals surface area (Å²) in [5.41, 5.74) is 0. The highest BCUT2D eigenvalue weighted by Gasteiger charge is 2.08. The van der Waals surface area contributed by atoms with E-state index in [4.69, 9.17) is 0 Å². The van der Waals surface area contributed by atoms with Gasteiger partial charge in [0, 0.05) is 18.9 Å². The zero-order chi connectivity index (χ0) is 12.7. The molecule has 1 aromatic heterocycles. The summed E-state index contributed by atoms with van der Waals surface area (Å²) >= 11 is 0. The Morgan fingerprint density at radius 1 is 1.35 bits per heavy atom. The highest BCUT2D eigenvalue weighted by Crippen LogP contribution is 2.14. The fourth-order valence-corrected chi connectivity index (χ4v) is 2.27. The molecule has 0 spiro atoms. The lowest BCUT2D eigenvalue weighted by Crippen LogP contribution is -2.19. The number of hydrogen-bond donors (Lipinski definition) is 1. The van der Waals surface area contributed by atoms with Crippen LogP contribution in [0, 0.1) is 11.8 Å². The molecule has 1 N–H and O–H groups in total. The Morgan fingerprint density at radius 3 is 2.76 bits per heavy atom. The molecule has 1 rings (SSSR count). The molecule has 98 valence electrons. The van der Waals surface area contributed by atoms with Gasteiger partial charge in [-0.15, -0.1) is 0 Å². The van der Waals surface area contributed by atoms with E-state index in [0.717, 1.165) is 31.4 Å². The fourth-order valence-electron chi connectivity index (χ4n) is 2.27. The van der Waals surface area contributed by atoms with Crippen molar-refractivity contribution in [3.05, 3.63) is 18.2 Å². The summed E-state index contributed by atoms with van der Waals surface area (Å²) in [6, 6.07) is 0. The molecular weight excluding hydrogens is 210 g/mol. The lowest BCUT2D eigenvalue weighted by molar-refractivity contribution is 0.382. The van der Waals surface area contributed by atoms with E-state index < -0.39 is 0 Å². The normalized spacial score (nSPS) is 13.2. The third-order valence-corrected chi connectivity index (χ3v) is 2.89. The van der Waals surface area contributed by atoms with Crippen LogP contribution in [-0.4, -0.2) is 16.1 Å². The van der Waals surface area contributed by atoms with Crippen molar-refractivity contribution >= 4 is 0 Å². The molecule has 0 saturated heterocycles. The number of aromatic nitrogens is 2. The molecule has 17 heavy (non-hydrogen) atoms. The van der Waals surface area contributed by atoms with E-state index in [1.807, 2.05) is 6.20 Å². The van der Waals surface area contributed by atoms with Crippen LogP contribution in [-0.2, 0) is 13.1 Å². The Morgan fingerprint density at radius 2 is 2.12 bits per heavy atom. The molecule has 1 unspecified atom stereocenters. The molecule has 0 aliphatic heterocycles. The predicted octanol–water partition coefficient (Wildman–Crippen LogP) is 3.06. The van der Waals surface area contributed by atoms with Crippen molar-refractivity contribution in [1.29, 1.82) is 0 Å². The molecule has 3 nitrogen and oxygen atoms in total. The van der Waals surface area contributed by atoms with Gasteiger partial charge in [0.15, 0.2) is 0 Å². The van der Waals surface area contributed by atoms with Gasteiger partial charge >= 0.3 is 0 Å². The molecule has 0 aromatic carbocycles. The van der Waals surface area contributed by atoms with E-state index in [9.17, 15) is 0 Å². The molecule has 0 fully saturated rings. The monoisotopic (exact) mass is 237 g/mol. The van der Waals surface area contributed by atoms with Crippen molar-refractivity contribution in [1.82, 2.24) is 14.9 Å². The molecule has 1 atom stereocenters. The van der Waals surface area contributed by atoms with Crippen LogP contribution in [0.25, 0.3) is 0 Å². The molecule has 0 aliphatic rings. The third-order valence-electron chi connectivity index (χ3n) is 2.89. The summed E-state index contributed by atoms with van der Waals surface area (Å²) in [6.07, 6.45) is 6.45. The summed E-state index contributed by atoms with van der Waals surface area (Å²) in [6.45, 7) is 12.1. The van der Waals surface area contributed by atoms with Gasteiger partial charge in [-0.25, -0.2) is 4.98 Å². The van der Waals surface area contributed by atoms with Crippen LogP contribution in [0.5, 0.6) is 0 Å². The predicted molar refractivity (Wildman–Crippen MR) is 72.8 cm³/mol. The SMILES string of the molecule is CCCNCc1nccn1CC(C)CC(C)C. The lowest BCUT2D eigenvalue weighted by Gasteiger charge is -2.16. The van der Waals surface area contributed by atoms with Crippen molar-refractivity contribution in [2.45, 2.75) is 53.6 Å². The van der Waals surface area contributed by atoms with Crippen LogP contribution in [0.15, 0.2) is 12.4 Å². The highest BCUT2D eigenvalue weighted by molar-refractivity contribution is 4.92. The number of rotatable bonds is 8. The molecule has 1 heterocycles. The second kappa shape index (κ2) is 7.49. The van der Waals surface area contributed by atoms with E-state index in [2.05, 4.69) is 48.8 Å². The van der Waals surface area contributed by atoms with Crippen LogP contribution in [0.1, 0.15) is 46.4 Å². The van der Waals surface area contributed by atoms with Gasteiger partial charge in [0.05, 0.1) is 6.54 Å². The Kier molecular flexibility index (Phi) is 6.27. The van der Waals surface area contributed by atoms with Gasteiger partial charge in [-0.1, -0.05) is 27.7 Å². The van der Waals surface area contributed by atoms with E-state index in [1.54, 1.807) is 0 Å². The molecule has 0 bridgehead atoms. The maximum atomic E-state index is 4.42. The number of hydrogen-bond acceptors (Lipinski definition) is 2. The van der Waals surface area contributed by atoms with Crippen molar-refractivity contribution in [2.24, 2.45) is 11.8 Å². The average molecular weight is 237 g/mol. The summed E-state index contributed by atoms with van der Waals surface area (Å²) in [5, 5.41) is 3.41. The van der Waals surface area contributed by atoms with Crippen molar-refractivity contribution in [3.8, 4) is 0 Å². The Bertz CT molecular complexity index is 304. The summed E-state index contributed by atoms with van der Waals surface area (Å²) in [4.78, 5) is 4.42. The molecular formula is C14H27N3. The maximum absolute atomic E-state index is 4.42. The maximum Gasteiger partial charge on any atom is 0.122 e. The third kappa shape index (κ3) is 5.35. The smallest absolute Gasteiger partial charge is 0.122 e. The first kappa shape index (κ1) is 14.2. The quantitative estimate of drug-likeness (QED) is 0.704. The van der Waals surface area contributed by atoms with Gasteiger partial charge in [0.2, 0.25) is 0 Å². The molecule has 1 aromatic rings. The Labute approximate surface area is 106 Å². The van der Waals surface area contributed by atoms with E-state index in [0.29, 0.717) is 5.92 Å². The van der Waals surface area contributed by atoms with Crippen LogP contribution in [0.4, 0.5) is 0 Å². The minimum Gasteiger partial charge on any atom is -0.334 e. The molecule has 0 aliphatic carbocycles. The summed E-state index contributed by atoms with van der Waals surface area (Å²) in [5.74, 6) is 2.65. The molecule has 0 amide bonds. The minimum absolute atomic E-state index is 0.717. The number of nitrogens with zero attached hydrogens (tertiary/aromatic N) is 2. The summed E-state index contributed by atoms with van der Waals surface area (Å²) < 4.78 is 2.29. The van der Waals surface area contributed by atoms with Gasteiger partial charge in [0.1, 0.15) is 5.82 Å². The van der Waals surface area contributed by atoms with Crippen molar-refractivity contribution < 1.29 is 0 Å². The van der Waals surface area contributed by atoms with Crippen LogP contribution < -0.4 is 5.32 Å². The van der Waals surface area contributed by atoms with Crippen LogP contribution >= 0.6 is 0 Å². The van der Waals surface area contributed by atoms with Crippen molar-refractivity contribution in [3.63, 3.8) is 0 Å². The minimum atomic E-state index is 0.717. The Hall–Kier alpha value is -0.830. The van der Waals surface area contributed by atoms with Gasteiger partial charge in [-0.05, 0) is 31.2 Å². The van der Waals surface area contributed by atoms with Gasteiger partial charge < -0.3 is 9.88 Å². The fraction of sp³-hybridized carbons (Fsp3) is 0.786. The van der Waals surface area contributed by atoms with Crippen LogP contribution in [0.2, 0.25) is 0 Å². The second-order valence-corrected chi connectivity index (χ2v) is 5.41. The molecule has 0 saturated carbocycles. The zero-order valence-electron chi connectivity index (χ0n) is 11.7. The zero-order valence-corrected chi connectivity index (χ0v) is 11.7. The first-order valence-corrected chi connectivity index (χ1v) is 6.84. The second-order valence-electron chi connectivity index (χ2n) is 5.41. The standard InChI is InChI=1S/C14H27N3/c1-5-6-15-10-14-16-7-8-17(14)11-13(4)9-12(2)3/h7-8,12-13,15H,5-6,9-11H2,1-4H3. The van der Waals surface area contributed by atoms with Gasteiger partial charge in [-0.3, -0.25) is 0 Å². The van der Waals surface area contributed by atoms with E-state index >= 15 is 0 Å². The van der Waals surface area contributed by atoms with Crippen molar-refractivity contribution in [2.75, 3.05) is 6.54 Å². The number of imidazole rings is 1. The highest BCUT2D eigenvalue weighted by atomic mass is 15.1. The molecule has 0 radical (unpaired) electrons. The summed E-state index contributed by atoms with van der Waals surface area (Å²) in [7, 11) is 0. The molecule has 3 heteroatoms. The first-order chi connectivity index (χ1) is 8.13. The first-order valence-electron chi connectivity index (χ1n) is 6.84. The lowest BCUT2D eigenvalue weighted by atomic mass is 9.99. The van der Waals surface area contributed by atoms with E-state index in [1.165, 1.54) is 12.8 Å².